The third kappa shape index (κ3) is 2.98. The van der Waals surface area contributed by atoms with Crippen LogP contribution in [-0.4, -0.2) is 60.4 Å². The van der Waals surface area contributed by atoms with Gasteiger partial charge in [-0.05, 0) is 25.9 Å². The molecule has 7 heteroatoms. The van der Waals surface area contributed by atoms with Gasteiger partial charge in [-0.15, -0.1) is 0 Å². The number of hydrogen-bond donors (Lipinski definition) is 2. The van der Waals surface area contributed by atoms with Gasteiger partial charge in [0.2, 0.25) is 6.10 Å². The van der Waals surface area contributed by atoms with E-state index in [0.29, 0.717) is 12.5 Å². The molecule has 2 heterocycles. The Morgan fingerprint density at radius 3 is 2.94 bits per heavy atom. The third-order valence-corrected chi connectivity index (χ3v) is 3.26. The van der Waals surface area contributed by atoms with Crippen molar-refractivity contribution in [1.82, 2.24) is 10.2 Å². The van der Waals surface area contributed by atoms with Crippen LogP contribution >= 0.6 is 0 Å². The molecule has 0 radical (unpaired) electrons. The molecule has 0 spiro atoms. The molecule has 1 saturated heterocycles. The smallest absolute Gasteiger partial charge is 0.353 e. The molecule has 0 aromatic carbocycles. The minimum atomic E-state index is -1.14. The summed E-state index contributed by atoms with van der Waals surface area (Å²) in [6, 6.07) is 0. The molecule has 100 valence electrons. The Balaban J connectivity index is 1.72. The minimum absolute atomic E-state index is 0.0335. The second kappa shape index (κ2) is 5.34. The summed E-state index contributed by atoms with van der Waals surface area (Å²) < 4.78 is 0. The van der Waals surface area contributed by atoms with Gasteiger partial charge < -0.3 is 20.2 Å². The maximum Gasteiger partial charge on any atom is 0.353 e. The van der Waals surface area contributed by atoms with E-state index < -0.39 is 12.1 Å². The lowest BCUT2D eigenvalue weighted by molar-refractivity contribution is -0.131. The van der Waals surface area contributed by atoms with Crippen molar-refractivity contribution in [3.8, 4) is 0 Å². The highest BCUT2D eigenvalue weighted by molar-refractivity contribution is 6.36. The molecule has 2 unspecified atom stereocenters. The highest BCUT2D eigenvalue weighted by atomic mass is 16.6. The third-order valence-electron chi connectivity index (χ3n) is 3.26. The number of rotatable bonds is 4. The SMILES string of the molecule is CN1CCC(CNC(=O)C2CC(C(=O)O)=NO2)C1. The van der Waals surface area contributed by atoms with Crippen LogP contribution < -0.4 is 5.32 Å². The average molecular weight is 255 g/mol. The monoisotopic (exact) mass is 255 g/mol. The van der Waals surface area contributed by atoms with Gasteiger partial charge in [0.25, 0.3) is 5.91 Å². The van der Waals surface area contributed by atoms with Crippen molar-refractivity contribution in [2.24, 2.45) is 11.1 Å². The van der Waals surface area contributed by atoms with Crippen LogP contribution in [0.25, 0.3) is 0 Å². The van der Waals surface area contributed by atoms with Crippen LogP contribution in [-0.2, 0) is 14.4 Å². The van der Waals surface area contributed by atoms with E-state index in [-0.39, 0.29) is 18.0 Å². The molecule has 2 aliphatic rings. The number of carbonyl (C=O) groups excluding carboxylic acids is 1. The fraction of sp³-hybridized carbons (Fsp3) is 0.727. The second-order valence-corrected chi connectivity index (χ2v) is 4.80. The predicted molar refractivity (Wildman–Crippen MR) is 63.2 cm³/mol. The summed E-state index contributed by atoms with van der Waals surface area (Å²) in [7, 11) is 2.05. The maximum atomic E-state index is 11.7. The Kier molecular flexibility index (Phi) is 3.81. The topological polar surface area (TPSA) is 91.2 Å². The summed E-state index contributed by atoms with van der Waals surface area (Å²) in [6.45, 7) is 2.63. The average Bonchev–Trinajstić information content (AvgIpc) is 2.94. The zero-order chi connectivity index (χ0) is 13.1. The molecule has 0 bridgehead atoms. The molecular formula is C11H17N3O4. The largest absolute Gasteiger partial charge is 0.477 e. The lowest BCUT2D eigenvalue weighted by Crippen LogP contribution is -2.38. The lowest BCUT2D eigenvalue weighted by atomic mass is 10.1. The summed E-state index contributed by atoms with van der Waals surface area (Å²) in [5, 5.41) is 14.9. The van der Waals surface area contributed by atoms with E-state index in [1.165, 1.54) is 0 Å². The Morgan fingerprint density at radius 2 is 2.39 bits per heavy atom. The van der Waals surface area contributed by atoms with Gasteiger partial charge in [-0.3, -0.25) is 4.79 Å². The number of carboxylic acids is 1. The standard InChI is InChI=1S/C11H17N3O4/c1-14-3-2-7(6-14)5-12-10(15)9-4-8(11(16)17)13-18-9/h7,9H,2-6H2,1H3,(H,12,15)(H,16,17). The van der Waals surface area contributed by atoms with Gasteiger partial charge in [-0.2, -0.15) is 0 Å². The number of likely N-dealkylation sites (tertiary alicyclic amines) is 1. The van der Waals surface area contributed by atoms with Crippen molar-refractivity contribution in [1.29, 1.82) is 0 Å². The molecule has 0 aromatic rings. The van der Waals surface area contributed by atoms with Crippen molar-refractivity contribution in [2.75, 3.05) is 26.7 Å². The zero-order valence-corrected chi connectivity index (χ0v) is 10.3. The van der Waals surface area contributed by atoms with E-state index in [4.69, 9.17) is 9.94 Å². The van der Waals surface area contributed by atoms with E-state index in [1.54, 1.807) is 0 Å². The van der Waals surface area contributed by atoms with Crippen LogP contribution in [0, 0.1) is 5.92 Å². The number of hydrogen-bond acceptors (Lipinski definition) is 5. The molecule has 1 amide bonds. The van der Waals surface area contributed by atoms with Crippen LogP contribution in [0.1, 0.15) is 12.8 Å². The number of carboxylic acid groups (broad SMARTS) is 1. The first-order valence-electron chi connectivity index (χ1n) is 5.98. The molecule has 7 nitrogen and oxygen atoms in total. The molecule has 2 aliphatic heterocycles. The quantitative estimate of drug-likeness (QED) is 0.692. The normalized spacial score (nSPS) is 27.7. The summed E-state index contributed by atoms with van der Waals surface area (Å²) in [6.07, 6.45) is 0.306. The number of oxime groups is 1. The maximum absolute atomic E-state index is 11.7. The van der Waals surface area contributed by atoms with Crippen molar-refractivity contribution in [3.63, 3.8) is 0 Å². The fourth-order valence-electron chi connectivity index (χ4n) is 2.20. The van der Waals surface area contributed by atoms with E-state index in [2.05, 4.69) is 22.4 Å². The number of nitrogens with zero attached hydrogens (tertiary/aromatic N) is 2. The number of carbonyl (C=O) groups is 2. The minimum Gasteiger partial charge on any atom is -0.477 e. The van der Waals surface area contributed by atoms with Crippen LogP contribution in [0.4, 0.5) is 0 Å². The summed E-state index contributed by atoms with van der Waals surface area (Å²) in [5.74, 6) is -0.965. The van der Waals surface area contributed by atoms with Gasteiger partial charge in [0.1, 0.15) is 0 Å². The summed E-state index contributed by atoms with van der Waals surface area (Å²) in [4.78, 5) is 29.4. The highest BCUT2D eigenvalue weighted by Crippen LogP contribution is 2.14. The predicted octanol–water partition coefficient (Wildman–Crippen LogP) is -0.716. The Labute approximate surface area is 105 Å². The second-order valence-electron chi connectivity index (χ2n) is 4.80. The molecule has 1 fully saturated rings. The van der Waals surface area contributed by atoms with E-state index in [9.17, 15) is 9.59 Å². The van der Waals surface area contributed by atoms with Gasteiger partial charge in [0.15, 0.2) is 5.71 Å². The van der Waals surface area contributed by atoms with Crippen LogP contribution in [0.5, 0.6) is 0 Å². The first-order chi connectivity index (χ1) is 8.56. The Morgan fingerprint density at radius 1 is 1.61 bits per heavy atom. The van der Waals surface area contributed by atoms with Crippen molar-refractivity contribution in [3.05, 3.63) is 0 Å². The molecular weight excluding hydrogens is 238 g/mol. The summed E-state index contributed by atoms with van der Waals surface area (Å²) in [5.41, 5.74) is -0.101. The molecule has 0 aromatic heterocycles. The van der Waals surface area contributed by atoms with Gasteiger partial charge >= 0.3 is 5.97 Å². The summed E-state index contributed by atoms with van der Waals surface area (Å²) >= 11 is 0. The molecule has 0 saturated carbocycles. The van der Waals surface area contributed by atoms with E-state index in [0.717, 1.165) is 19.5 Å². The Bertz CT molecular complexity index is 382. The lowest BCUT2D eigenvalue weighted by Gasteiger charge is -2.13. The van der Waals surface area contributed by atoms with Crippen LogP contribution in [0.3, 0.4) is 0 Å². The number of amides is 1. The molecule has 0 aliphatic carbocycles. The van der Waals surface area contributed by atoms with Gasteiger partial charge in [-0.1, -0.05) is 5.16 Å². The first-order valence-corrected chi connectivity index (χ1v) is 5.98. The molecule has 18 heavy (non-hydrogen) atoms. The van der Waals surface area contributed by atoms with Crippen molar-refractivity contribution < 1.29 is 19.5 Å². The van der Waals surface area contributed by atoms with Gasteiger partial charge in [0.05, 0.1) is 0 Å². The van der Waals surface area contributed by atoms with Gasteiger partial charge in [0, 0.05) is 19.5 Å². The van der Waals surface area contributed by atoms with Crippen LogP contribution in [0.2, 0.25) is 0 Å². The van der Waals surface area contributed by atoms with E-state index in [1.807, 2.05) is 0 Å². The molecule has 2 N–H and O–H groups in total. The molecule has 2 atom stereocenters. The fourth-order valence-corrected chi connectivity index (χ4v) is 2.20. The Hall–Kier alpha value is -1.63. The zero-order valence-electron chi connectivity index (χ0n) is 10.3. The number of nitrogens with one attached hydrogen (secondary N) is 1. The van der Waals surface area contributed by atoms with E-state index >= 15 is 0 Å². The van der Waals surface area contributed by atoms with Crippen LogP contribution in [0.15, 0.2) is 5.16 Å². The van der Waals surface area contributed by atoms with Crippen molar-refractivity contribution in [2.45, 2.75) is 18.9 Å². The molecule has 2 rings (SSSR count). The van der Waals surface area contributed by atoms with Crippen molar-refractivity contribution >= 4 is 17.6 Å². The number of aliphatic carboxylic acids is 1. The highest BCUT2D eigenvalue weighted by Gasteiger charge is 2.32. The first kappa shape index (κ1) is 12.8. The van der Waals surface area contributed by atoms with Gasteiger partial charge in [-0.25, -0.2) is 4.79 Å².